The maximum absolute atomic E-state index is 12.7. The number of fused-ring (bicyclic) bond motifs is 2. The van der Waals surface area contributed by atoms with Gasteiger partial charge in [0.25, 0.3) is 5.91 Å². The van der Waals surface area contributed by atoms with Gasteiger partial charge in [-0.1, -0.05) is 12.6 Å². The Bertz CT molecular complexity index is 1280. The van der Waals surface area contributed by atoms with Gasteiger partial charge in [0.1, 0.15) is 11.5 Å². The third-order valence-electron chi connectivity index (χ3n) is 4.66. The maximum atomic E-state index is 12.7. The summed E-state index contributed by atoms with van der Waals surface area (Å²) in [4.78, 5) is 19.2. The lowest BCUT2D eigenvalue weighted by atomic mass is 10.1. The van der Waals surface area contributed by atoms with Crippen LogP contribution < -0.4 is 16.5 Å². The summed E-state index contributed by atoms with van der Waals surface area (Å²) in [6.45, 7) is 7.43. The van der Waals surface area contributed by atoms with Crippen molar-refractivity contribution in [1.29, 1.82) is 0 Å². The number of aryl methyl sites for hydroxylation is 1. The van der Waals surface area contributed by atoms with Gasteiger partial charge in [0.15, 0.2) is 0 Å². The Kier molecular flexibility index (Phi) is 4.56. The number of hydrogen-bond donors (Lipinski definition) is 5. The standard InChI is InChI=1S/C22H22N6O/c1-12-8-16-10-18(5-7-19(16)24-12)25-22(29)21-11-17-9-15(4-6-20(17)26-21)13(2)27-28-14(3)23/h4-11,24,26,28H,3,23H2,1-2H3,(H,25,29)/b27-13-. The summed E-state index contributed by atoms with van der Waals surface area (Å²) < 4.78 is 0. The highest BCUT2D eigenvalue weighted by atomic mass is 16.1. The van der Waals surface area contributed by atoms with Gasteiger partial charge in [-0.3, -0.25) is 10.2 Å². The number of anilines is 1. The second kappa shape index (κ2) is 7.20. The summed E-state index contributed by atoms with van der Waals surface area (Å²) in [6.07, 6.45) is 0. The molecule has 6 N–H and O–H groups in total. The normalized spacial score (nSPS) is 11.7. The second-order valence-corrected chi connectivity index (χ2v) is 7.03. The van der Waals surface area contributed by atoms with Crippen molar-refractivity contribution in [2.24, 2.45) is 10.8 Å². The zero-order chi connectivity index (χ0) is 20.5. The summed E-state index contributed by atoms with van der Waals surface area (Å²) in [5, 5.41) is 9.11. The predicted molar refractivity (Wildman–Crippen MR) is 118 cm³/mol. The summed E-state index contributed by atoms with van der Waals surface area (Å²) in [5.41, 5.74) is 14.1. The van der Waals surface area contributed by atoms with E-state index in [-0.39, 0.29) is 11.7 Å². The Hall–Kier alpha value is -4.00. The molecule has 146 valence electrons. The van der Waals surface area contributed by atoms with Crippen molar-refractivity contribution in [3.8, 4) is 0 Å². The van der Waals surface area contributed by atoms with E-state index < -0.39 is 0 Å². The van der Waals surface area contributed by atoms with E-state index in [0.717, 1.165) is 44.5 Å². The average Bonchev–Trinajstić information content (AvgIpc) is 3.27. The maximum Gasteiger partial charge on any atom is 0.272 e. The number of benzene rings is 2. The van der Waals surface area contributed by atoms with Crippen molar-refractivity contribution in [1.82, 2.24) is 15.4 Å². The Labute approximate surface area is 167 Å². The first-order chi connectivity index (χ1) is 13.9. The highest BCUT2D eigenvalue weighted by molar-refractivity contribution is 6.08. The van der Waals surface area contributed by atoms with Gasteiger partial charge in [0.05, 0.1) is 5.71 Å². The van der Waals surface area contributed by atoms with E-state index in [1.807, 2.05) is 62.4 Å². The van der Waals surface area contributed by atoms with Gasteiger partial charge in [0.2, 0.25) is 0 Å². The monoisotopic (exact) mass is 386 g/mol. The number of nitrogens with one attached hydrogen (secondary N) is 4. The minimum atomic E-state index is -0.194. The van der Waals surface area contributed by atoms with Crippen LogP contribution in [0, 0.1) is 6.92 Å². The molecule has 0 radical (unpaired) electrons. The fourth-order valence-corrected chi connectivity index (χ4v) is 3.25. The number of amides is 1. The molecule has 4 rings (SSSR count). The number of H-pyrrole nitrogens is 2. The number of hydrazone groups is 1. The van der Waals surface area contributed by atoms with Gasteiger partial charge in [-0.05, 0) is 61.9 Å². The molecule has 0 aliphatic carbocycles. The highest BCUT2D eigenvalue weighted by Crippen LogP contribution is 2.22. The molecule has 7 nitrogen and oxygen atoms in total. The van der Waals surface area contributed by atoms with E-state index in [0.29, 0.717) is 5.69 Å². The molecule has 7 heteroatoms. The summed E-state index contributed by atoms with van der Waals surface area (Å²) in [6, 6.07) is 15.5. The first-order valence-corrected chi connectivity index (χ1v) is 9.17. The first-order valence-electron chi connectivity index (χ1n) is 9.17. The van der Waals surface area contributed by atoms with Gasteiger partial charge in [-0.2, -0.15) is 5.10 Å². The van der Waals surface area contributed by atoms with Gasteiger partial charge >= 0.3 is 0 Å². The Morgan fingerprint density at radius 1 is 1.03 bits per heavy atom. The van der Waals surface area contributed by atoms with Crippen LogP contribution in [-0.2, 0) is 0 Å². The highest BCUT2D eigenvalue weighted by Gasteiger charge is 2.11. The van der Waals surface area contributed by atoms with Crippen molar-refractivity contribution >= 4 is 39.1 Å². The van der Waals surface area contributed by atoms with Crippen molar-refractivity contribution in [3.63, 3.8) is 0 Å². The molecule has 0 aliphatic rings. The van der Waals surface area contributed by atoms with Gasteiger partial charge in [-0.15, -0.1) is 0 Å². The molecule has 0 spiro atoms. The first kappa shape index (κ1) is 18.4. The number of nitrogens with two attached hydrogens (primary N) is 1. The topological polar surface area (TPSA) is 111 Å². The molecule has 0 fully saturated rings. The number of carbonyl (C=O) groups is 1. The van der Waals surface area contributed by atoms with Gasteiger partial charge in [0, 0.05) is 33.2 Å². The van der Waals surface area contributed by atoms with E-state index in [9.17, 15) is 4.79 Å². The molecular formula is C22H22N6O. The molecule has 0 atom stereocenters. The molecule has 2 aromatic carbocycles. The van der Waals surface area contributed by atoms with Crippen LogP contribution in [0.5, 0.6) is 0 Å². The van der Waals surface area contributed by atoms with E-state index >= 15 is 0 Å². The van der Waals surface area contributed by atoms with Crippen molar-refractivity contribution in [2.45, 2.75) is 13.8 Å². The van der Waals surface area contributed by atoms with Crippen LogP contribution >= 0.6 is 0 Å². The van der Waals surface area contributed by atoms with Crippen LogP contribution in [0.15, 0.2) is 66.0 Å². The fourth-order valence-electron chi connectivity index (χ4n) is 3.25. The van der Waals surface area contributed by atoms with Crippen LogP contribution in [0.4, 0.5) is 5.69 Å². The van der Waals surface area contributed by atoms with Crippen molar-refractivity contribution in [2.75, 3.05) is 5.32 Å². The van der Waals surface area contributed by atoms with E-state index in [1.165, 1.54) is 0 Å². The Morgan fingerprint density at radius 3 is 2.55 bits per heavy atom. The van der Waals surface area contributed by atoms with Crippen LogP contribution in [0.25, 0.3) is 21.8 Å². The molecule has 0 aliphatic heterocycles. The lowest BCUT2D eigenvalue weighted by molar-refractivity contribution is 0.102. The summed E-state index contributed by atoms with van der Waals surface area (Å²) >= 11 is 0. The number of nitrogens with zero attached hydrogens (tertiary/aromatic N) is 1. The Balaban J connectivity index is 1.57. The number of aromatic nitrogens is 2. The van der Waals surface area contributed by atoms with E-state index in [4.69, 9.17) is 5.73 Å². The Morgan fingerprint density at radius 2 is 1.76 bits per heavy atom. The van der Waals surface area contributed by atoms with Crippen molar-refractivity contribution in [3.05, 3.63) is 77.9 Å². The molecule has 4 aromatic rings. The molecule has 0 bridgehead atoms. The number of aromatic amines is 2. The number of rotatable bonds is 5. The lowest BCUT2D eigenvalue weighted by Gasteiger charge is -2.03. The average molecular weight is 386 g/mol. The molecule has 0 saturated heterocycles. The summed E-state index contributed by atoms with van der Waals surface area (Å²) in [7, 11) is 0. The molecule has 0 saturated carbocycles. The lowest BCUT2D eigenvalue weighted by Crippen LogP contribution is -2.14. The minimum absolute atomic E-state index is 0.194. The SMILES string of the molecule is C=C(N)N/N=C(/C)c1ccc2[nH]c(C(=O)Nc3ccc4[nH]c(C)cc4c3)cc2c1. The third kappa shape index (κ3) is 3.84. The van der Waals surface area contributed by atoms with E-state index in [2.05, 4.69) is 32.4 Å². The smallest absolute Gasteiger partial charge is 0.272 e. The molecule has 2 heterocycles. The molecule has 1 amide bonds. The van der Waals surface area contributed by atoms with Crippen LogP contribution in [-0.4, -0.2) is 21.6 Å². The van der Waals surface area contributed by atoms with Gasteiger partial charge < -0.3 is 21.0 Å². The number of carbonyl (C=O) groups excluding carboxylic acids is 1. The summed E-state index contributed by atoms with van der Waals surface area (Å²) in [5.74, 6) is 0.0832. The van der Waals surface area contributed by atoms with Crippen LogP contribution in [0.2, 0.25) is 0 Å². The third-order valence-corrected chi connectivity index (χ3v) is 4.66. The molecule has 0 unspecified atom stereocenters. The van der Waals surface area contributed by atoms with Crippen molar-refractivity contribution < 1.29 is 4.79 Å². The zero-order valence-corrected chi connectivity index (χ0v) is 16.3. The largest absolute Gasteiger partial charge is 0.385 e. The zero-order valence-electron chi connectivity index (χ0n) is 16.3. The molecular weight excluding hydrogens is 364 g/mol. The fraction of sp³-hybridized carbons (Fsp3) is 0.0909. The molecule has 29 heavy (non-hydrogen) atoms. The van der Waals surface area contributed by atoms with E-state index in [1.54, 1.807) is 0 Å². The van der Waals surface area contributed by atoms with Crippen LogP contribution in [0.3, 0.4) is 0 Å². The predicted octanol–water partition coefficient (Wildman–Crippen LogP) is 3.95. The molecule has 2 aromatic heterocycles. The van der Waals surface area contributed by atoms with Gasteiger partial charge in [-0.25, -0.2) is 0 Å². The quantitative estimate of drug-likeness (QED) is 0.264. The van der Waals surface area contributed by atoms with Crippen LogP contribution in [0.1, 0.15) is 28.7 Å². The number of hydrogen-bond acceptors (Lipinski definition) is 4. The minimum Gasteiger partial charge on any atom is -0.385 e. The second-order valence-electron chi connectivity index (χ2n) is 7.03.